The Labute approximate surface area is 129 Å². The van der Waals surface area contributed by atoms with Gasteiger partial charge in [-0.1, -0.05) is 53.0 Å². The zero-order valence-corrected chi connectivity index (χ0v) is 13.4. The van der Waals surface area contributed by atoms with Gasteiger partial charge in [0.1, 0.15) is 0 Å². The van der Waals surface area contributed by atoms with E-state index in [0.29, 0.717) is 12.0 Å². The number of amides is 1. The van der Waals surface area contributed by atoms with E-state index in [9.17, 15) is 4.79 Å². The normalized spacial score (nSPS) is 26.2. The van der Waals surface area contributed by atoms with Gasteiger partial charge in [0.2, 0.25) is 5.91 Å². The van der Waals surface area contributed by atoms with E-state index in [-0.39, 0.29) is 11.8 Å². The smallest absolute Gasteiger partial charge is 0.224 e. The molecule has 0 heterocycles. The fourth-order valence-electron chi connectivity index (χ4n) is 3.63. The largest absolute Gasteiger partial charge is 0.353 e. The zero-order valence-electron chi connectivity index (χ0n) is 11.8. The van der Waals surface area contributed by atoms with Gasteiger partial charge in [0.25, 0.3) is 0 Å². The number of nitrogens with one attached hydrogen (secondary N) is 1. The number of benzene rings is 1. The van der Waals surface area contributed by atoms with E-state index in [4.69, 9.17) is 0 Å². The molecule has 2 unspecified atom stereocenters. The highest BCUT2D eigenvalue weighted by atomic mass is 79.9. The third-order valence-electron chi connectivity index (χ3n) is 4.86. The van der Waals surface area contributed by atoms with Crippen LogP contribution in [0, 0.1) is 11.8 Å². The van der Waals surface area contributed by atoms with Crippen LogP contribution in [0.4, 0.5) is 0 Å². The highest BCUT2D eigenvalue weighted by Gasteiger charge is 2.31. The Kier molecular flexibility index (Phi) is 4.45. The summed E-state index contributed by atoms with van der Waals surface area (Å²) in [4.78, 5) is 12.5. The number of rotatable bonds is 3. The number of alkyl halides is 1. The molecule has 0 aliphatic heterocycles. The standard InChI is InChI=1S/C17H22BrNO/c18-11-14-7-3-4-8-16(14)19-17(20)15-9-12-5-1-2-6-13(12)10-15/h1-2,5-6,14-16H,3-4,7-11H2,(H,19,20). The molecule has 2 nitrogen and oxygen atoms in total. The topological polar surface area (TPSA) is 29.1 Å². The maximum Gasteiger partial charge on any atom is 0.224 e. The molecule has 20 heavy (non-hydrogen) atoms. The number of carbonyl (C=O) groups is 1. The van der Waals surface area contributed by atoms with Crippen molar-refractivity contribution in [2.75, 3.05) is 5.33 Å². The Morgan fingerprint density at radius 2 is 1.80 bits per heavy atom. The Hall–Kier alpha value is -0.830. The minimum absolute atomic E-state index is 0.144. The van der Waals surface area contributed by atoms with Crippen molar-refractivity contribution in [3.8, 4) is 0 Å². The van der Waals surface area contributed by atoms with Gasteiger partial charge >= 0.3 is 0 Å². The lowest BCUT2D eigenvalue weighted by molar-refractivity contribution is -0.126. The molecular formula is C17H22BrNO. The highest BCUT2D eigenvalue weighted by Crippen LogP contribution is 2.29. The molecule has 0 bridgehead atoms. The molecule has 3 heteroatoms. The molecule has 108 valence electrons. The van der Waals surface area contributed by atoms with E-state index in [2.05, 4.69) is 45.5 Å². The summed E-state index contributed by atoms with van der Waals surface area (Å²) < 4.78 is 0. The summed E-state index contributed by atoms with van der Waals surface area (Å²) in [6.07, 6.45) is 6.75. The third kappa shape index (κ3) is 2.93. The maximum absolute atomic E-state index is 12.5. The zero-order chi connectivity index (χ0) is 13.9. The molecular weight excluding hydrogens is 314 g/mol. The molecule has 0 spiro atoms. The van der Waals surface area contributed by atoms with Crippen molar-refractivity contribution in [2.24, 2.45) is 11.8 Å². The first kappa shape index (κ1) is 14.1. The average Bonchev–Trinajstić information content (AvgIpc) is 2.92. The highest BCUT2D eigenvalue weighted by molar-refractivity contribution is 9.09. The van der Waals surface area contributed by atoms with Crippen LogP contribution < -0.4 is 5.32 Å². The Balaban J connectivity index is 1.60. The quantitative estimate of drug-likeness (QED) is 0.842. The van der Waals surface area contributed by atoms with Crippen LogP contribution in [0.15, 0.2) is 24.3 Å². The second-order valence-electron chi connectivity index (χ2n) is 6.19. The van der Waals surface area contributed by atoms with E-state index >= 15 is 0 Å². The first-order valence-electron chi connectivity index (χ1n) is 7.71. The van der Waals surface area contributed by atoms with Crippen molar-refractivity contribution in [1.82, 2.24) is 5.32 Å². The lowest BCUT2D eigenvalue weighted by Crippen LogP contribution is -2.45. The van der Waals surface area contributed by atoms with Crippen LogP contribution in [0.2, 0.25) is 0 Å². The lowest BCUT2D eigenvalue weighted by atomic mass is 9.85. The van der Waals surface area contributed by atoms with Gasteiger partial charge in [-0.05, 0) is 42.7 Å². The third-order valence-corrected chi connectivity index (χ3v) is 5.69. The fraction of sp³-hybridized carbons (Fsp3) is 0.588. The molecule has 2 atom stereocenters. The number of halogens is 1. The molecule has 1 N–H and O–H groups in total. The van der Waals surface area contributed by atoms with Gasteiger partial charge in [-0.3, -0.25) is 4.79 Å². The Morgan fingerprint density at radius 3 is 2.45 bits per heavy atom. The van der Waals surface area contributed by atoms with Crippen LogP contribution in [-0.2, 0) is 17.6 Å². The molecule has 1 aromatic carbocycles. The van der Waals surface area contributed by atoms with Crippen molar-refractivity contribution >= 4 is 21.8 Å². The number of hydrogen-bond donors (Lipinski definition) is 1. The van der Waals surface area contributed by atoms with E-state index in [1.54, 1.807) is 0 Å². The first-order valence-corrected chi connectivity index (χ1v) is 8.83. The van der Waals surface area contributed by atoms with Gasteiger partial charge in [0, 0.05) is 17.3 Å². The summed E-state index contributed by atoms with van der Waals surface area (Å²) in [5.41, 5.74) is 2.71. The van der Waals surface area contributed by atoms with Crippen LogP contribution >= 0.6 is 15.9 Å². The summed E-state index contributed by atoms with van der Waals surface area (Å²) in [5.74, 6) is 1.01. The van der Waals surface area contributed by atoms with Crippen molar-refractivity contribution in [3.05, 3.63) is 35.4 Å². The first-order chi connectivity index (χ1) is 9.78. The van der Waals surface area contributed by atoms with Gasteiger partial charge in [0.15, 0.2) is 0 Å². The summed E-state index contributed by atoms with van der Waals surface area (Å²) in [6.45, 7) is 0. The van der Waals surface area contributed by atoms with Crippen LogP contribution in [0.1, 0.15) is 36.8 Å². The van der Waals surface area contributed by atoms with Crippen molar-refractivity contribution in [3.63, 3.8) is 0 Å². The van der Waals surface area contributed by atoms with Gasteiger partial charge in [0.05, 0.1) is 0 Å². The average molecular weight is 336 g/mol. The molecule has 1 fully saturated rings. The van der Waals surface area contributed by atoms with Crippen molar-refractivity contribution in [1.29, 1.82) is 0 Å². The van der Waals surface area contributed by atoms with Gasteiger partial charge in [-0.25, -0.2) is 0 Å². The number of fused-ring (bicyclic) bond motifs is 1. The molecule has 1 saturated carbocycles. The van der Waals surface area contributed by atoms with Crippen LogP contribution in [0.25, 0.3) is 0 Å². The molecule has 0 radical (unpaired) electrons. The predicted molar refractivity (Wildman–Crippen MR) is 85.0 cm³/mol. The summed E-state index contributed by atoms with van der Waals surface area (Å²) in [7, 11) is 0. The summed E-state index contributed by atoms with van der Waals surface area (Å²) in [6, 6.07) is 8.83. The second-order valence-corrected chi connectivity index (χ2v) is 6.84. The van der Waals surface area contributed by atoms with Crippen LogP contribution in [-0.4, -0.2) is 17.3 Å². The molecule has 1 aromatic rings. The van der Waals surface area contributed by atoms with Crippen LogP contribution in [0.5, 0.6) is 0 Å². The second kappa shape index (κ2) is 6.30. The van der Waals surface area contributed by atoms with Crippen LogP contribution in [0.3, 0.4) is 0 Å². The Bertz CT molecular complexity index is 463. The van der Waals surface area contributed by atoms with Crippen molar-refractivity contribution in [2.45, 2.75) is 44.6 Å². The number of carbonyl (C=O) groups excluding carboxylic acids is 1. The van der Waals surface area contributed by atoms with E-state index < -0.39 is 0 Å². The van der Waals surface area contributed by atoms with Gasteiger partial charge in [-0.15, -0.1) is 0 Å². The summed E-state index contributed by atoms with van der Waals surface area (Å²) >= 11 is 3.60. The molecule has 3 rings (SSSR count). The fourth-order valence-corrected chi connectivity index (χ4v) is 4.40. The monoisotopic (exact) mass is 335 g/mol. The lowest BCUT2D eigenvalue weighted by Gasteiger charge is -2.31. The molecule has 2 aliphatic carbocycles. The van der Waals surface area contributed by atoms with E-state index in [1.165, 1.54) is 30.4 Å². The maximum atomic E-state index is 12.5. The van der Waals surface area contributed by atoms with Gasteiger partial charge < -0.3 is 5.32 Å². The minimum Gasteiger partial charge on any atom is -0.353 e. The minimum atomic E-state index is 0.144. The molecule has 0 aromatic heterocycles. The molecule has 0 saturated heterocycles. The van der Waals surface area contributed by atoms with Gasteiger partial charge in [-0.2, -0.15) is 0 Å². The molecule has 2 aliphatic rings. The molecule has 1 amide bonds. The Morgan fingerprint density at radius 1 is 1.15 bits per heavy atom. The van der Waals surface area contributed by atoms with E-state index in [1.807, 2.05) is 0 Å². The van der Waals surface area contributed by atoms with Crippen molar-refractivity contribution < 1.29 is 4.79 Å². The SMILES string of the molecule is O=C(NC1CCCCC1CBr)C1Cc2ccccc2C1. The predicted octanol–water partition coefficient (Wildman–Crippen LogP) is 3.47. The summed E-state index contributed by atoms with van der Waals surface area (Å²) in [5, 5.41) is 4.33. The number of hydrogen-bond acceptors (Lipinski definition) is 1. The van der Waals surface area contributed by atoms with E-state index in [0.717, 1.165) is 24.6 Å².